The number of thioether (sulfide) groups is 1. The fraction of sp³-hybridized carbons (Fsp3) is 0.0625. The molecule has 0 aliphatic rings. The van der Waals surface area contributed by atoms with E-state index < -0.39 is 0 Å². The Hall–Kier alpha value is -2.11. The molecule has 0 saturated heterocycles. The Labute approximate surface area is 137 Å². The minimum absolute atomic E-state index is 0.0613. The van der Waals surface area contributed by atoms with E-state index in [0.29, 0.717) is 21.5 Å². The molecular weight excluding hydrogens is 318 g/mol. The fourth-order valence-electron chi connectivity index (χ4n) is 1.96. The molecule has 0 bridgehead atoms. The summed E-state index contributed by atoms with van der Waals surface area (Å²) in [7, 11) is 0. The van der Waals surface area contributed by atoms with E-state index in [1.807, 2.05) is 53.1 Å². The van der Waals surface area contributed by atoms with Crippen LogP contribution in [0.2, 0.25) is 5.02 Å². The largest absolute Gasteiger partial charge is 0.293 e. The van der Waals surface area contributed by atoms with Crippen LogP contribution >= 0.6 is 23.4 Å². The molecule has 0 saturated carbocycles. The van der Waals surface area contributed by atoms with E-state index in [0.717, 1.165) is 5.69 Å². The van der Waals surface area contributed by atoms with Crippen molar-refractivity contribution in [2.24, 2.45) is 0 Å². The molecule has 0 aliphatic carbocycles. The lowest BCUT2D eigenvalue weighted by molar-refractivity contribution is 0.102. The van der Waals surface area contributed by atoms with E-state index in [1.165, 1.54) is 11.8 Å². The molecule has 0 unspecified atom stereocenters. The van der Waals surface area contributed by atoms with Gasteiger partial charge in [-0.3, -0.25) is 9.36 Å². The highest BCUT2D eigenvalue weighted by molar-refractivity contribution is 7.99. The van der Waals surface area contributed by atoms with Crippen LogP contribution in [0.4, 0.5) is 0 Å². The highest BCUT2D eigenvalue weighted by Crippen LogP contribution is 2.22. The number of aromatic nitrogens is 3. The van der Waals surface area contributed by atoms with Crippen molar-refractivity contribution in [3.05, 3.63) is 71.5 Å². The number of rotatable bonds is 5. The van der Waals surface area contributed by atoms with Crippen LogP contribution < -0.4 is 0 Å². The van der Waals surface area contributed by atoms with E-state index in [1.54, 1.807) is 12.4 Å². The van der Waals surface area contributed by atoms with Crippen molar-refractivity contribution < 1.29 is 4.79 Å². The Morgan fingerprint density at radius 3 is 2.73 bits per heavy atom. The SMILES string of the molecule is O=C(CSc1nncn1-c1cccc(Cl)c1)c1ccccc1. The number of hydrogen-bond donors (Lipinski definition) is 0. The van der Waals surface area contributed by atoms with Crippen molar-refractivity contribution in [3.63, 3.8) is 0 Å². The number of carbonyl (C=O) groups is 1. The molecule has 0 spiro atoms. The first-order chi connectivity index (χ1) is 10.7. The zero-order valence-corrected chi connectivity index (χ0v) is 13.1. The molecule has 1 aromatic heterocycles. The van der Waals surface area contributed by atoms with Gasteiger partial charge in [0.1, 0.15) is 6.33 Å². The Bertz CT molecular complexity index is 789. The standard InChI is InChI=1S/C16H12ClN3OS/c17-13-7-4-8-14(9-13)20-11-18-19-16(20)22-10-15(21)12-5-2-1-3-6-12/h1-9,11H,10H2. The molecule has 3 aromatic rings. The van der Waals surface area contributed by atoms with Gasteiger partial charge in [0.2, 0.25) is 0 Å². The van der Waals surface area contributed by atoms with Crippen LogP contribution in [0.1, 0.15) is 10.4 Å². The predicted octanol–water partition coefficient (Wildman–Crippen LogP) is 3.90. The molecule has 22 heavy (non-hydrogen) atoms. The summed E-state index contributed by atoms with van der Waals surface area (Å²) in [4.78, 5) is 12.1. The van der Waals surface area contributed by atoms with Gasteiger partial charge in [0.15, 0.2) is 10.9 Å². The molecule has 4 nitrogen and oxygen atoms in total. The number of nitrogens with zero attached hydrogens (tertiary/aromatic N) is 3. The summed E-state index contributed by atoms with van der Waals surface area (Å²) in [6.07, 6.45) is 1.61. The lowest BCUT2D eigenvalue weighted by Gasteiger charge is -2.06. The number of carbonyl (C=O) groups excluding carboxylic acids is 1. The average molecular weight is 330 g/mol. The van der Waals surface area contributed by atoms with Crippen molar-refractivity contribution in [2.45, 2.75) is 5.16 Å². The maximum absolute atomic E-state index is 12.1. The van der Waals surface area contributed by atoms with Gasteiger partial charge < -0.3 is 0 Å². The summed E-state index contributed by atoms with van der Waals surface area (Å²) in [5.74, 6) is 0.370. The summed E-state index contributed by atoms with van der Waals surface area (Å²) in [5.41, 5.74) is 1.57. The molecule has 0 radical (unpaired) electrons. The summed E-state index contributed by atoms with van der Waals surface area (Å²) in [6, 6.07) is 16.6. The third-order valence-corrected chi connectivity index (χ3v) is 4.21. The van der Waals surface area contributed by atoms with Crippen LogP contribution in [0.25, 0.3) is 5.69 Å². The monoisotopic (exact) mass is 329 g/mol. The normalized spacial score (nSPS) is 10.6. The molecule has 0 atom stereocenters. The maximum atomic E-state index is 12.1. The van der Waals surface area contributed by atoms with Gasteiger partial charge in [-0.15, -0.1) is 10.2 Å². The predicted molar refractivity (Wildman–Crippen MR) is 87.9 cm³/mol. The first-order valence-corrected chi connectivity index (χ1v) is 7.97. The summed E-state index contributed by atoms with van der Waals surface area (Å²) < 4.78 is 1.81. The number of Topliss-reactive ketones (excluding diaryl/α,β-unsaturated/α-hetero) is 1. The van der Waals surface area contributed by atoms with E-state index in [9.17, 15) is 4.79 Å². The smallest absolute Gasteiger partial charge is 0.196 e. The number of halogens is 1. The van der Waals surface area contributed by atoms with E-state index in [2.05, 4.69) is 10.2 Å². The molecule has 1 heterocycles. The number of benzene rings is 2. The molecule has 110 valence electrons. The van der Waals surface area contributed by atoms with Crippen LogP contribution in [0.5, 0.6) is 0 Å². The molecular formula is C16H12ClN3OS. The summed E-state index contributed by atoms with van der Waals surface area (Å²) in [5, 5.41) is 9.29. The third-order valence-electron chi connectivity index (χ3n) is 3.03. The lowest BCUT2D eigenvalue weighted by Crippen LogP contribution is -2.03. The minimum atomic E-state index is 0.0613. The van der Waals surface area contributed by atoms with Crippen LogP contribution in [0.15, 0.2) is 66.1 Å². The Morgan fingerprint density at radius 2 is 1.95 bits per heavy atom. The van der Waals surface area contributed by atoms with Gasteiger partial charge >= 0.3 is 0 Å². The van der Waals surface area contributed by atoms with Crippen molar-refractivity contribution in [1.82, 2.24) is 14.8 Å². The van der Waals surface area contributed by atoms with Gasteiger partial charge in [-0.2, -0.15) is 0 Å². The second-order valence-electron chi connectivity index (χ2n) is 4.54. The van der Waals surface area contributed by atoms with Gasteiger partial charge in [0.05, 0.1) is 11.4 Å². The summed E-state index contributed by atoms with van der Waals surface area (Å²) >= 11 is 7.36. The molecule has 0 amide bonds. The van der Waals surface area contributed by atoms with Crippen molar-refractivity contribution in [3.8, 4) is 5.69 Å². The van der Waals surface area contributed by atoms with E-state index in [-0.39, 0.29) is 5.78 Å². The van der Waals surface area contributed by atoms with Crippen LogP contribution in [-0.2, 0) is 0 Å². The zero-order valence-electron chi connectivity index (χ0n) is 11.5. The first kappa shape index (κ1) is 14.8. The van der Waals surface area contributed by atoms with Crippen molar-refractivity contribution >= 4 is 29.1 Å². The quantitative estimate of drug-likeness (QED) is 0.526. The highest BCUT2D eigenvalue weighted by atomic mass is 35.5. The van der Waals surface area contributed by atoms with Gasteiger partial charge in [-0.25, -0.2) is 0 Å². The fourth-order valence-corrected chi connectivity index (χ4v) is 2.97. The topological polar surface area (TPSA) is 47.8 Å². The van der Waals surface area contributed by atoms with Crippen LogP contribution in [0.3, 0.4) is 0 Å². The van der Waals surface area contributed by atoms with E-state index in [4.69, 9.17) is 11.6 Å². The molecule has 0 fully saturated rings. The lowest BCUT2D eigenvalue weighted by atomic mass is 10.2. The van der Waals surface area contributed by atoms with Crippen LogP contribution in [-0.4, -0.2) is 26.3 Å². The zero-order chi connectivity index (χ0) is 15.4. The van der Waals surface area contributed by atoms with Crippen LogP contribution in [0, 0.1) is 0 Å². The number of hydrogen-bond acceptors (Lipinski definition) is 4. The van der Waals surface area contributed by atoms with Gasteiger partial charge in [-0.1, -0.05) is 59.8 Å². The second-order valence-corrected chi connectivity index (χ2v) is 5.92. The van der Waals surface area contributed by atoms with Gasteiger partial charge in [-0.05, 0) is 18.2 Å². The highest BCUT2D eigenvalue weighted by Gasteiger charge is 2.11. The third kappa shape index (κ3) is 3.37. The molecule has 0 aliphatic heterocycles. The van der Waals surface area contributed by atoms with E-state index >= 15 is 0 Å². The maximum Gasteiger partial charge on any atom is 0.196 e. The van der Waals surface area contributed by atoms with Gasteiger partial charge in [0.25, 0.3) is 0 Å². The Morgan fingerprint density at radius 1 is 1.14 bits per heavy atom. The Balaban J connectivity index is 1.75. The van der Waals surface area contributed by atoms with Gasteiger partial charge in [0, 0.05) is 10.6 Å². The summed E-state index contributed by atoms with van der Waals surface area (Å²) in [6.45, 7) is 0. The Kier molecular flexibility index (Phi) is 4.56. The first-order valence-electron chi connectivity index (χ1n) is 6.61. The molecule has 0 N–H and O–H groups in total. The molecule has 6 heteroatoms. The van der Waals surface area contributed by atoms with Crippen molar-refractivity contribution in [2.75, 3.05) is 5.75 Å². The minimum Gasteiger partial charge on any atom is -0.293 e. The molecule has 2 aromatic carbocycles. The average Bonchev–Trinajstić information content (AvgIpc) is 3.02. The number of ketones is 1. The van der Waals surface area contributed by atoms with Crippen molar-refractivity contribution in [1.29, 1.82) is 0 Å². The molecule has 3 rings (SSSR count). The second kappa shape index (κ2) is 6.77.